The Labute approximate surface area is 181 Å². The highest BCUT2D eigenvalue weighted by Crippen LogP contribution is 2.25. The minimum atomic E-state index is -0.369. The zero-order valence-electron chi connectivity index (χ0n) is 15.6. The van der Waals surface area contributed by atoms with Crippen molar-refractivity contribution in [2.45, 2.75) is 0 Å². The van der Waals surface area contributed by atoms with E-state index in [4.69, 9.17) is 0 Å². The van der Waals surface area contributed by atoms with E-state index in [1.165, 1.54) is 12.4 Å². The summed E-state index contributed by atoms with van der Waals surface area (Å²) in [6, 6.07) is 20.6. The number of hydrazone groups is 2. The number of nitrogens with zero attached hydrogens (tertiary/aromatic N) is 2. The zero-order chi connectivity index (χ0) is 21.3. The van der Waals surface area contributed by atoms with E-state index in [9.17, 15) is 14.7 Å². The molecular formula is C22H17BrN4O3. The van der Waals surface area contributed by atoms with Gasteiger partial charge in [0.15, 0.2) is 0 Å². The number of hydrogen-bond acceptors (Lipinski definition) is 5. The maximum atomic E-state index is 12.0. The number of phenolic OH excluding ortho intramolecular Hbond substituents is 1. The predicted octanol–water partition coefficient (Wildman–Crippen LogP) is 3.68. The van der Waals surface area contributed by atoms with Crippen molar-refractivity contribution >= 4 is 40.2 Å². The van der Waals surface area contributed by atoms with Gasteiger partial charge in [-0.2, -0.15) is 10.2 Å². The van der Waals surface area contributed by atoms with Crippen LogP contribution in [-0.4, -0.2) is 29.4 Å². The van der Waals surface area contributed by atoms with Gasteiger partial charge in [0, 0.05) is 26.7 Å². The molecule has 0 aliphatic heterocycles. The molecule has 3 aromatic carbocycles. The molecule has 0 saturated carbocycles. The lowest BCUT2D eigenvalue weighted by Gasteiger charge is -2.05. The Hall–Kier alpha value is -3.78. The molecule has 0 spiro atoms. The molecule has 0 radical (unpaired) electrons. The molecule has 2 amide bonds. The van der Waals surface area contributed by atoms with Crippen LogP contribution in [0, 0.1) is 0 Å². The number of halogens is 1. The van der Waals surface area contributed by atoms with Gasteiger partial charge in [0.2, 0.25) is 0 Å². The predicted molar refractivity (Wildman–Crippen MR) is 119 cm³/mol. The summed E-state index contributed by atoms with van der Waals surface area (Å²) in [6.45, 7) is 0. The van der Waals surface area contributed by atoms with Gasteiger partial charge in [-0.05, 0) is 36.4 Å². The second-order valence-corrected chi connectivity index (χ2v) is 6.98. The molecule has 30 heavy (non-hydrogen) atoms. The lowest BCUT2D eigenvalue weighted by Crippen LogP contribution is -2.17. The average Bonchev–Trinajstić information content (AvgIpc) is 2.77. The quantitative estimate of drug-likeness (QED) is 0.382. The van der Waals surface area contributed by atoms with Crippen LogP contribution in [0.15, 0.2) is 87.5 Å². The normalized spacial score (nSPS) is 11.0. The van der Waals surface area contributed by atoms with Gasteiger partial charge in [0.1, 0.15) is 5.75 Å². The number of rotatable bonds is 6. The maximum Gasteiger partial charge on any atom is 0.271 e. The number of amides is 2. The minimum Gasteiger partial charge on any atom is -0.507 e. The fourth-order valence-corrected chi connectivity index (χ4v) is 2.96. The van der Waals surface area contributed by atoms with E-state index in [0.29, 0.717) is 26.7 Å². The third-order valence-corrected chi connectivity index (χ3v) is 4.40. The SMILES string of the molecule is O=C(N/N=C\c1cc(Br)cc(/C=N/NC(=O)c2ccccc2)c1O)c1ccccc1. The van der Waals surface area contributed by atoms with Crippen molar-refractivity contribution in [3.63, 3.8) is 0 Å². The largest absolute Gasteiger partial charge is 0.507 e. The first-order chi connectivity index (χ1) is 14.5. The number of phenols is 1. The summed E-state index contributed by atoms with van der Waals surface area (Å²) in [5.41, 5.74) is 6.45. The number of hydrogen-bond donors (Lipinski definition) is 3. The molecule has 0 atom stereocenters. The maximum absolute atomic E-state index is 12.0. The van der Waals surface area contributed by atoms with Gasteiger partial charge in [-0.25, -0.2) is 10.9 Å². The first-order valence-electron chi connectivity index (χ1n) is 8.84. The fraction of sp³-hybridized carbons (Fsp3) is 0. The summed E-state index contributed by atoms with van der Waals surface area (Å²) < 4.78 is 0.659. The number of benzene rings is 3. The summed E-state index contributed by atoms with van der Waals surface area (Å²) in [7, 11) is 0. The van der Waals surface area contributed by atoms with Crippen molar-refractivity contribution < 1.29 is 14.7 Å². The van der Waals surface area contributed by atoms with E-state index in [-0.39, 0.29) is 17.6 Å². The molecule has 0 heterocycles. The molecule has 3 aromatic rings. The zero-order valence-corrected chi connectivity index (χ0v) is 17.2. The van der Waals surface area contributed by atoms with E-state index >= 15 is 0 Å². The van der Waals surface area contributed by atoms with Crippen LogP contribution in [-0.2, 0) is 0 Å². The van der Waals surface area contributed by atoms with E-state index < -0.39 is 0 Å². The highest BCUT2D eigenvalue weighted by Gasteiger charge is 2.08. The Balaban J connectivity index is 1.68. The molecule has 8 heteroatoms. The smallest absolute Gasteiger partial charge is 0.271 e. The van der Waals surface area contributed by atoms with Gasteiger partial charge in [-0.1, -0.05) is 52.3 Å². The Morgan fingerprint density at radius 3 is 1.57 bits per heavy atom. The van der Waals surface area contributed by atoms with Crippen molar-refractivity contribution in [1.82, 2.24) is 10.9 Å². The molecule has 3 N–H and O–H groups in total. The minimum absolute atomic E-state index is 0.103. The number of aromatic hydroxyl groups is 1. The molecule has 0 aliphatic carbocycles. The van der Waals surface area contributed by atoms with Crippen LogP contribution < -0.4 is 10.9 Å². The molecule has 0 saturated heterocycles. The van der Waals surface area contributed by atoms with Crippen LogP contribution in [0.25, 0.3) is 0 Å². The molecule has 0 aliphatic rings. The fourth-order valence-electron chi connectivity index (χ4n) is 2.47. The summed E-state index contributed by atoms with van der Waals surface area (Å²) in [4.78, 5) is 24.0. The molecule has 3 rings (SSSR count). The van der Waals surface area contributed by atoms with Crippen LogP contribution >= 0.6 is 15.9 Å². The summed E-state index contributed by atoms with van der Waals surface area (Å²) in [6.07, 6.45) is 2.64. The van der Waals surface area contributed by atoms with Crippen molar-refractivity contribution in [2.24, 2.45) is 10.2 Å². The Morgan fingerprint density at radius 2 is 1.17 bits per heavy atom. The molecule has 0 aromatic heterocycles. The number of carbonyl (C=O) groups excluding carboxylic acids is 2. The van der Waals surface area contributed by atoms with E-state index in [1.54, 1.807) is 60.7 Å². The van der Waals surface area contributed by atoms with E-state index in [1.807, 2.05) is 12.1 Å². The van der Waals surface area contributed by atoms with Crippen molar-refractivity contribution in [3.05, 3.63) is 99.5 Å². The van der Waals surface area contributed by atoms with Gasteiger partial charge in [0.05, 0.1) is 12.4 Å². The van der Waals surface area contributed by atoms with Gasteiger partial charge in [0.25, 0.3) is 11.8 Å². The second kappa shape index (κ2) is 10.1. The van der Waals surface area contributed by atoms with Crippen molar-refractivity contribution in [2.75, 3.05) is 0 Å². The van der Waals surface area contributed by atoms with Gasteiger partial charge < -0.3 is 5.11 Å². The van der Waals surface area contributed by atoms with Crippen LogP contribution in [0.1, 0.15) is 31.8 Å². The molecule has 0 bridgehead atoms. The van der Waals surface area contributed by atoms with Gasteiger partial charge in [-0.15, -0.1) is 0 Å². The lowest BCUT2D eigenvalue weighted by atomic mass is 10.1. The molecule has 0 fully saturated rings. The third kappa shape index (κ3) is 5.62. The molecular weight excluding hydrogens is 448 g/mol. The standard InChI is InChI=1S/C22H17BrN4O3/c23-19-11-17(13-24-26-21(29)15-7-3-1-4-8-15)20(28)18(12-19)14-25-27-22(30)16-9-5-2-6-10-16/h1-14,28H,(H,26,29)(H,27,30)/b24-13-,25-14+. The first kappa shape index (κ1) is 20.9. The number of nitrogens with one attached hydrogen (secondary N) is 2. The van der Waals surface area contributed by atoms with Gasteiger partial charge in [-0.3, -0.25) is 9.59 Å². The summed E-state index contributed by atoms with van der Waals surface area (Å²) >= 11 is 3.35. The molecule has 7 nitrogen and oxygen atoms in total. The molecule has 150 valence electrons. The highest BCUT2D eigenvalue weighted by atomic mass is 79.9. The van der Waals surface area contributed by atoms with Crippen LogP contribution in [0.2, 0.25) is 0 Å². The Kier molecular flexibility index (Phi) is 7.07. The summed E-state index contributed by atoms with van der Waals surface area (Å²) in [5.74, 6) is -0.841. The molecule has 0 unspecified atom stereocenters. The lowest BCUT2D eigenvalue weighted by molar-refractivity contribution is 0.0947. The van der Waals surface area contributed by atoms with Crippen LogP contribution in [0.3, 0.4) is 0 Å². The first-order valence-corrected chi connectivity index (χ1v) is 9.63. The Bertz CT molecular complexity index is 1020. The Morgan fingerprint density at radius 1 is 0.767 bits per heavy atom. The third-order valence-electron chi connectivity index (χ3n) is 3.95. The summed E-state index contributed by atoms with van der Waals surface area (Å²) in [5, 5.41) is 18.2. The number of carbonyl (C=O) groups is 2. The van der Waals surface area contributed by atoms with Crippen LogP contribution in [0.5, 0.6) is 5.75 Å². The van der Waals surface area contributed by atoms with Gasteiger partial charge >= 0.3 is 0 Å². The highest BCUT2D eigenvalue weighted by molar-refractivity contribution is 9.10. The van der Waals surface area contributed by atoms with Crippen molar-refractivity contribution in [3.8, 4) is 5.75 Å². The second-order valence-electron chi connectivity index (χ2n) is 6.06. The van der Waals surface area contributed by atoms with Crippen molar-refractivity contribution in [1.29, 1.82) is 0 Å². The average molecular weight is 465 g/mol. The monoisotopic (exact) mass is 464 g/mol. The topological polar surface area (TPSA) is 103 Å². The van der Waals surface area contributed by atoms with Crippen LogP contribution in [0.4, 0.5) is 0 Å². The van der Waals surface area contributed by atoms with E-state index in [2.05, 4.69) is 37.0 Å². The van der Waals surface area contributed by atoms with E-state index in [0.717, 1.165) is 0 Å².